The molecule has 2 atom stereocenters. The van der Waals surface area contributed by atoms with Crippen molar-refractivity contribution in [3.8, 4) is 5.75 Å². The van der Waals surface area contributed by atoms with Gasteiger partial charge < -0.3 is 10.5 Å². The van der Waals surface area contributed by atoms with Crippen molar-refractivity contribution >= 4 is 5.69 Å². The first-order valence-corrected chi connectivity index (χ1v) is 7.39. The smallest absolute Gasteiger partial charge is 0.313 e. The zero-order chi connectivity index (χ0) is 15.0. The van der Waals surface area contributed by atoms with Crippen LogP contribution < -0.4 is 10.5 Å². The van der Waals surface area contributed by atoms with Crippen LogP contribution in [0.2, 0.25) is 0 Å². The predicted molar refractivity (Wildman–Crippen MR) is 75.6 cm³/mol. The van der Waals surface area contributed by atoms with Crippen LogP contribution in [0.15, 0.2) is 18.2 Å². The Morgan fingerprint density at radius 1 is 1.33 bits per heavy atom. The normalized spacial score (nSPS) is 27.1. The first-order valence-electron chi connectivity index (χ1n) is 7.39. The standard InChI is InChI=1S/C15H19FN2O3/c16-10-4-5-12(11(8-10)18(19)20)21-14-9-13(17)15(14)6-2-1-3-7-15/h4-5,8,13-14H,1-3,6-7,9,17H2. The average molecular weight is 294 g/mol. The fourth-order valence-electron chi connectivity index (χ4n) is 3.73. The van der Waals surface area contributed by atoms with Crippen LogP contribution in [0.5, 0.6) is 5.75 Å². The molecule has 1 spiro atoms. The Morgan fingerprint density at radius 3 is 2.67 bits per heavy atom. The van der Waals surface area contributed by atoms with E-state index in [2.05, 4.69) is 0 Å². The summed E-state index contributed by atoms with van der Waals surface area (Å²) in [7, 11) is 0. The van der Waals surface area contributed by atoms with Gasteiger partial charge in [-0.15, -0.1) is 0 Å². The van der Waals surface area contributed by atoms with Gasteiger partial charge >= 0.3 is 5.69 Å². The molecule has 2 saturated carbocycles. The summed E-state index contributed by atoms with van der Waals surface area (Å²) in [5.74, 6) is -0.491. The molecule has 2 aliphatic rings. The van der Waals surface area contributed by atoms with E-state index in [0.29, 0.717) is 6.42 Å². The maximum absolute atomic E-state index is 13.2. The highest BCUT2D eigenvalue weighted by molar-refractivity contribution is 5.46. The third kappa shape index (κ3) is 2.37. The summed E-state index contributed by atoms with van der Waals surface area (Å²) in [6.07, 6.45) is 6.07. The molecule has 0 saturated heterocycles. The number of nitrogens with zero attached hydrogens (tertiary/aromatic N) is 1. The molecule has 21 heavy (non-hydrogen) atoms. The number of nitro benzene ring substituents is 1. The molecule has 6 heteroatoms. The largest absolute Gasteiger partial charge is 0.483 e. The lowest BCUT2D eigenvalue weighted by atomic mass is 9.55. The maximum Gasteiger partial charge on any atom is 0.313 e. The fourth-order valence-corrected chi connectivity index (χ4v) is 3.73. The van der Waals surface area contributed by atoms with Crippen molar-refractivity contribution < 1.29 is 14.1 Å². The first-order chi connectivity index (χ1) is 10.0. The molecule has 1 aromatic carbocycles. The summed E-state index contributed by atoms with van der Waals surface area (Å²) in [5, 5.41) is 11.0. The van der Waals surface area contributed by atoms with Gasteiger partial charge in [0.25, 0.3) is 0 Å². The summed E-state index contributed by atoms with van der Waals surface area (Å²) in [6.45, 7) is 0. The van der Waals surface area contributed by atoms with E-state index in [1.165, 1.54) is 18.6 Å². The Bertz CT molecular complexity index is 558. The van der Waals surface area contributed by atoms with E-state index in [0.717, 1.165) is 31.7 Å². The summed E-state index contributed by atoms with van der Waals surface area (Å²) >= 11 is 0. The van der Waals surface area contributed by atoms with Crippen molar-refractivity contribution in [2.75, 3.05) is 0 Å². The molecule has 5 nitrogen and oxygen atoms in total. The van der Waals surface area contributed by atoms with Gasteiger partial charge in [-0.05, 0) is 25.0 Å². The molecule has 0 amide bonds. The number of rotatable bonds is 3. The van der Waals surface area contributed by atoms with E-state index >= 15 is 0 Å². The van der Waals surface area contributed by atoms with E-state index in [4.69, 9.17) is 10.5 Å². The minimum absolute atomic E-state index is 0.0551. The Morgan fingerprint density at radius 2 is 2.05 bits per heavy atom. The van der Waals surface area contributed by atoms with Crippen LogP contribution in [-0.4, -0.2) is 17.1 Å². The molecule has 114 valence electrons. The number of halogens is 1. The molecule has 0 radical (unpaired) electrons. The van der Waals surface area contributed by atoms with E-state index < -0.39 is 10.7 Å². The fraction of sp³-hybridized carbons (Fsp3) is 0.600. The van der Waals surface area contributed by atoms with Crippen LogP contribution in [0.3, 0.4) is 0 Å². The SMILES string of the molecule is NC1CC(Oc2ccc(F)cc2[N+](=O)[O-])C12CCCCC2. The molecule has 0 aromatic heterocycles. The van der Waals surface area contributed by atoms with Gasteiger partial charge in [-0.2, -0.15) is 0 Å². The molecule has 0 bridgehead atoms. The zero-order valence-electron chi connectivity index (χ0n) is 11.8. The second-order valence-electron chi connectivity index (χ2n) is 6.11. The zero-order valence-corrected chi connectivity index (χ0v) is 11.8. The van der Waals surface area contributed by atoms with Gasteiger partial charge in [0.1, 0.15) is 11.9 Å². The third-order valence-corrected chi connectivity index (χ3v) is 5.02. The lowest BCUT2D eigenvalue weighted by Crippen LogP contribution is -2.64. The van der Waals surface area contributed by atoms with Crippen molar-refractivity contribution in [3.63, 3.8) is 0 Å². The number of hydrogen-bond acceptors (Lipinski definition) is 4. The third-order valence-electron chi connectivity index (χ3n) is 5.02. The number of nitro groups is 1. The van der Waals surface area contributed by atoms with E-state index in [-0.39, 0.29) is 29.0 Å². The topological polar surface area (TPSA) is 78.4 Å². The van der Waals surface area contributed by atoms with Gasteiger partial charge in [0.15, 0.2) is 5.75 Å². The molecule has 1 aromatic rings. The van der Waals surface area contributed by atoms with Crippen LogP contribution in [0, 0.1) is 21.3 Å². The monoisotopic (exact) mass is 294 g/mol. The first kappa shape index (κ1) is 14.3. The number of ether oxygens (including phenoxy) is 1. The van der Waals surface area contributed by atoms with Gasteiger partial charge in [-0.25, -0.2) is 4.39 Å². The van der Waals surface area contributed by atoms with Crippen LogP contribution in [-0.2, 0) is 0 Å². The van der Waals surface area contributed by atoms with Crippen LogP contribution in [0.25, 0.3) is 0 Å². The molecular weight excluding hydrogens is 275 g/mol. The lowest BCUT2D eigenvalue weighted by Gasteiger charge is -2.55. The summed E-state index contributed by atoms with van der Waals surface area (Å²) < 4.78 is 19.0. The summed E-state index contributed by atoms with van der Waals surface area (Å²) in [4.78, 5) is 10.4. The quantitative estimate of drug-likeness (QED) is 0.686. The summed E-state index contributed by atoms with van der Waals surface area (Å²) in [5.41, 5.74) is 5.81. The molecule has 2 fully saturated rings. The van der Waals surface area contributed by atoms with Gasteiger partial charge in [-0.3, -0.25) is 10.1 Å². The minimum Gasteiger partial charge on any atom is -0.483 e. The van der Waals surface area contributed by atoms with Crippen molar-refractivity contribution in [1.29, 1.82) is 0 Å². The van der Waals surface area contributed by atoms with Crippen molar-refractivity contribution in [2.24, 2.45) is 11.1 Å². The number of benzene rings is 1. The highest BCUT2D eigenvalue weighted by Gasteiger charge is 2.55. The van der Waals surface area contributed by atoms with Crippen molar-refractivity contribution in [1.82, 2.24) is 0 Å². The average Bonchev–Trinajstić information content (AvgIpc) is 2.49. The van der Waals surface area contributed by atoms with Crippen LogP contribution >= 0.6 is 0 Å². The van der Waals surface area contributed by atoms with Gasteiger partial charge in [0.05, 0.1) is 11.0 Å². The van der Waals surface area contributed by atoms with Crippen LogP contribution in [0.1, 0.15) is 38.5 Å². The lowest BCUT2D eigenvalue weighted by molar-refractivity contribution is -0.386. The Balaban J connectivity index is 1.82. The van der Waals surface area contributed by atoms with Gasteiger partial charge in [0.2, 0.25) is 0 Å². The molecule has 2 N–H and O–H groups in total. The van der Waals surface area contributed by atoms with Crippen molar-refractivity contribution in [2.45, 2.75) is 50.7 Å². The Hall–Kier alpha value is -1.69. The molecular formula is C15H19FN2O3. The second kappa shape index (κ2) is 5.26. The molecule has 3 rings (SSSR count). The Kier molecular flexibility index (Phi) is 3.57. The number of hydrogen-bond donors (Lipinski definition) is 1. The van der Waals surface area contributed by atoms with E-state index in [1.54, 1.807) is 0 Å². The van der Waals surface area contributed by atoms with Gasteiger partial charge in [0, 0.05) is 17.9 Å². The molecule has 2 aliphatic carbocycles. The van der Waals surface area contributed by atoms with Gasteiger partial charge in [-0.1, -0.05) is 19.3 Å². The number of nitrogens with two attached hydrogens (primary N) is 1. The van der Waals surface area contributed by atoms with Crippen molar-refractivity contribution in [3.05, 3.63) is 34.1 Å². The highest BCUT2D eigenvalue weighted by Crippen LogP contribution is 2.52. The van der Waals surface area contributed by atoms with E-state index in [1.807, 2.05) is 0 Å². The minimum atomic E-state index is -0.633. The Labute approximate surface area is 122 Å². The van der Waals surface area contributed by atoms with Crippen LogP contribution in [0.4, 0.5) is 10.1 Å². The molecule has 0 heterocycles. The molecule has 0 aliphatic heterocycles. The summed E-state index contributed by atoms with van der Waals surface area (Å²) in [6, 6.07) is 3.53. The second-order valence-corrected chi connectivity index (χ2v) is 6.11. The molecule has 2 unspecified atom stereocenters. The highest BCUT2D eigenvalue weighted by atomic mass is 19.1. The predicted octanol–water partition coefficient (Wildman–Crippen LogP) is 3.16. The maximum atomic E-state index is 13.2. The van der Waals surface area contributed by atoms with E-state index in [9.17, 15) is 14.5 Å².